The van der Waals surface area contributed by atoms with Gasteiger partial charge in [-0.25, -0.2) is 0 Å². The molecule has 5 rings (SSSR count). The monoisotopic (exact) mass is 322 g/mol. The van der Waals surface area contributed by atoms with Gasteiger partial charge in [0.05, 0.1) is 0 Å². The quantitative estimate of drug-likeness (QED) is 0.524. The van der Waals surface area contributed by atoms with Gasteiger partial charge in [0, 0.05) is 5.41 Å². The molecule has 2 aliphatic carbocycles. The van der Waals surface area contributed by atoms with Gasteiger partial charge in [0.15, 0.2) is 0 Å². The summed E-state index contributed by atoms with van der Waals surface area (Å²) in [5, 5.41) is 0. The second-order valence-electron chi connectivity index (χ2n) is 7.62. The molecule has 2 aliphatic rings. The minimum atomic E-state index is 0.0775. The van der Waals surface area contributed by atoms with Gasteiger partial charge in [-0.15, -0.1) is 0 Å². The van der Waals surface area contributed by atoms with Crippen LogP contribution in [0.3, 0.4) is 0 Å². The summed E-state index contributed by atoms with van der Waals surface area (Å²) in [7, 11) is 0. The van der Waals surface area contributed by atoms with Crippen LogP contribution in [0.15, 0.2) is 66.7 Å². The average molecular weight is 322 g/mol. The Balaban J connectivity index is 1.83. The Labute approximate surface area is 149 Å². The fourth-order valence-corrected chi connectivity index (χ4v) is 4.89. The minimum Gasteiger partial charge on any atom is -0.0827 e. The molecule has 0 amide bonds. The van der Waals surface area contributed by atoms with E-state index in [1.807, 2.05) is 0 Å². The zero-order chi connectivity index (χ0) is 17.0. The number of fused-ring (bicyclic) bond motifs is 3. The van der Waals surface area contributed by atoms with E-state index in [-0.39, 0.29) is 5.41 Å². The molecule has 0 aromatic heterocycles. The number of hydrogen-bond acceptors (Lipinski definition) is 0. The largest absolute Gasteiger partial charge is 0.0827 e. The van der Waals surface area contributed by atoms with E-state index >= 15 is 0 Å². The van der Waals surface area contributed by atoms with Gasteiger partial charge in [0.2, 0.25) is 0 Å². The summed E-state index contributed by atoms with van der Waals surface area (Å²) in [5.74, 6) is 0. The number of allylic oxidation sites excluding steroid dienone is 1. The van der Waals surface area contributed by atoms with Crippen molar-refractivity contribution >= 4 is 6.08 Å². The predicted octanol–water partition coefficient (Wildman–Crippen LogP) is 6.23. The molecule has 0 aliphatic heterocycles. The molecule has 1 unspecified atom stereocenters. The molecule has 0 bridgehead atoms. The van der Waals surface area contributed by atoms with E-state index in [0.29, 0.717) is 0 Å². The highest BCUT2D eigenvalue weighted by molar-refractivity contribution is 5.87. The third-order valence-electron chi connectivity index (χ3n) is 6.02. The third kappa shape index (κ3) is 2.00. The fourth-order valence-electron chi connectivity index (χ4n) is 4.89. The normalized spacial score (nSPS) is 19.6. The van der Waals surface area contributed by atoms with Crippen molar-refractivity contribution in [1.29, 1.82) is 0 Å². The summed E-state index contributed by atoms with van der Waals surface area (Å²) in [6.07, 6.45) is 6.88. The first-order valence-corrected chi connectivity index (χ1v) is 9.15. The molecule has 0 saturated carbocycles. The second-order valence-corrected chi connectivity index (χ2v) is 7.62. The molecule has 0 heterocycles. The molecule has 3 aromatic rings. The van der Waals surface area contributed by atoms with Crippen LogP contribution in [0, 0.1) is 13.8 Å². The molecule has 0 nitrogen and oxygen atoms in total. The Morgan fingerprint density at radius 2 is 1.68 bits per heavy atom. The predicted molar refractivity (Wildman–Crippen MR) is 106 cm³/mol. The summed E-state index contributed by atoms with van der Waals surface area (Å²) in [4.78, 5) is 0. The molecular formula is C25H22. The lowest BCUT2D eigenvalue weighted by Gasteiger charge is -2.35. The molecule has 25 heavy (non-hydrogen) atoms. The lowest BCUT2D eigenvalue weighted by atomic mass is 9.67. The van der Waals surface area contributed by atoms with Crippen molar-refractivity contribution in [2.45, 2.75) is 32.1 Å². The van der Waals surface area contributed by atoms with Crippen LogP contribution in [0.2, 0.25) is 0 Å². The van der Waals surface area contributed by atoms with Crippen LogP contribution in [0.25, 0.3) is 17.2 Å². The minimum absolute atomic E-state index is 0.0775. The van der Waals surface area contributed by atoms with Gasteiger partial charge >= 0.3 is 0 Å². The van der Waals surface area contributed by atoms with Gasteiger partial charge < -0.3 is 0 Å². The lowest BCUT2D eigenvalue weighted by molar-refractivity contribution is 0.525. The second kappa shape index (κ2) is 5.20. The zero-order valence-electron chi connectivity index (χ0n) is 14.8. The van der Waals surface area contributed by atoms with E-state index in [4.69, 9.17) is 0 Å². The van der Waals surface area contributed by atoms with Gasteiger partial charge in [-0.05, 0) is 65.6 Å². The number of aryl methyl sites for hydroxylation is 2. The van der Waals surface area contributed by atoms with Crippen LogP contribution < -0.4 is 0 Å². The topological polar surface area (TPSA) is 0 Å². The molecule has 0 heteroatoms. The van der Waals surface area contributed by atoms with Crippen LogP contribution in [0.4, 0.5) is 0 Å². The van der Waals surface area contributed by atoms with Crippen molar-refractivity contribution < 1.29 is 0 Å². The van der Waals surface area contributed by atoms with Gasteiger partial charge in [0.25, 0.3) is 0 Å². The highest BCUT2D eigenvalue weighted by atomic mass is 14.5. The number of hydrogen-bond donors (Lipinski definition) is 0. The first-order chi connectivity index (χ1) is 12.2. The van der Waals surface area contributed by atoms with E-state index in [1.54, 1.807) is 5.56 Å². The van der Waals surface area contributed by atoms with Crippen molar-refractivity contribution in [2.24, 2.45) is 0 Å². The Bertz CT molecular complexity index is 1010. The fraction of sp³-hybridized carbons (Fsp3) is 0.200. The molecule has 0 N–H and O–H groups in total. The van der Waals surface area contributed by atoms with Gasteiger partial charge in [-0.3, -0.25) is 0 Å². The standard InChI is InChI=1S/C25H22/c1-17-10-12-21-22-13-11-18(2)20-9-6-14-25(24(20)22,23(21)15-17)16-19-7-4-3-5-8-19/h3-13,15H,14,16H2,1-2H3. The number of rotatable bonds is 2. The molecule has 0 spiro atoms. The summed E-state index contributed by atoms with van der Waals surface area (Å²) < 4.78 is 0. The third-order valence-corrected chi connectivity index (χ3v) is 6.02. The van der Waals surface area contributed by atoms with Crippen LogP contribution in [-0.2, 0) is 11.8 Å². The van der Waals surface area contributed by atoms with Crippen molar-refractivity contribution in [2.75, 3.05) is 0 Å². The van der Waals surface area contributed by atoms with Crippen molar-refractivity contribution in [3.63, 3.8) is 0 Å². The lowest BCUT2D eigenvalue weighted by Crippen LogP contribution is -2.30. The maximum absolute atomic E-state index is 2.43. The van der Waals surface area contributed by atoms with Crippen LogP contribution >= 0.6 is 0 Å². The zero-order valence-corrected chi connectivity index (χ0v) is 14.8. The Kier molecular flexibility index (Phi) is 3.06. The molecule has 3 aromatic carbocycles. The van der Waals surface area contributed by atoms with Gasteiger partial charge in [0.1, 0.15) is 0 Å². The highest BCUT2D eigenvalue weighted by Gasteiger charge is 2.45. The van der Waals surface area contributed by atoms with Crippen LogP contribution in [0.5, 0.6) is 0 Å². The van der Waals surface area contributed by atoms with Crippen molar-refractivity contribution in [1.82, 2.24) is 0 Å². The first-order valence-electron chi connectivity index (χ1n) is 9.15. The maximum atomic E-state index is 2.43. The first kappa shape index (κ1) is 14.7. The molecular weight excluding hydrogens is 300 g/mol. The van der Waals surface area contributed by atoms with E-state index in [9.17, 15) is 0 Å². The molecule has 1 atom stereocenters. The molecule has 0 saturated heterocycles. The van der Waals surface area contributed by atoms with E-state index in [2.05, 4.69) is 86.7 Å². The molecule has 122 valence electrons. The van der Waals surface area contributed by atoms with Crippen molar-refractivity contribution in [3.05, 3.63) is 100 Å². The SMILES string of the molecule is Cc1ccc2c(c1)C1(Cc3ccccc3)CC=Cc3c(C)ccc-2c31. The maximum Gasteiger partial charge on any atom is 0.0296 e. The molecule has 0 radical (unpaired) electrons. The summed E-state index contributed by atoms with van der Waals surface area (Å²) in [6.45, 7) is 4.46. The smallest absolute Gasteiger partial charge is 0.0296 e. The van der Waals surface area contributed by atoms with Gasteiger partial charge in [-0.1, -0.05) is 78.4 Å². The van der Waals surface area contributed by atoms with Gasteiger partial charge in [-0.2, -0.15) is 0 Å². The summed E-state index contributed by atoms with van der Waals surface area (Å²) in [5.41, 5.74) is 11.6. The summed E-state index contributed by atoms with van der Waals surface area (Å²) >= 11 is 0. The molecule has 0 fully saturated rings. The van der Waals surface area contributed by atoms with Crippen molar-refractivity contribution in [3.8, 4) is 11.1 Å². The summed E-state index contributed by atoms with van der Waals surface area (Å²) in [6, 6.07) is 22.6. The van der Waals surface area contributed by atoms with E-state index in [0.717, 1.165) is 12.8 Å². The Morgan fingerprint density at radius 3 is 2.52 bits per heavy atom. The Morgan fingerprint density at radius 1 is 0.880 bits per heavy atom. The van der Waals surface area contributed by atoms with Crippen LogP contribution in [-0.4, -0.2) is 0 Å². The van der Waals surface area contributed by atoms with Crippen LogP contribution in [0.1, 0.15) is 39.8 Å². The Hall–Kier alpha value is -2.60. The number of benzene rings is 3. The average Bonchev–Trinajstić information content (AvgIpc) is 2.90. The van der Waals surface area contributed by atoms with E-state index < -0.39 is 0 Å². The van der Waals surface area contributed by atoms with E-state index in [1.165, 1.54) is 38.9 Å². The highest BCUT2D eigenvalue weighted by Crippen LogP contribution is 2.56.